The van der Waals surface area contributed by atoms with E-state index < -0.39 is 11.9 Å². The van der Waals surface area contributed by atoms with E-state index in [4.69, 9.17) is 38.1 Å². The van der Waals surface area contributed by atoms with Crippen LogP contribution in [0.25, 0.3) is 16.5 Å². The average molecular weight is 533 g/mol. The number of amides is 1. The summed E-state index contributed by atoms with van der Waals surface area (Å²) in [4.78, 5) is 19.1. The number of nitrogens with one attached hydrogen (secondary N) is 1. The maximum absolute atomic E-state index is 14.0. The number of carbonyl (C=O) groups excluding carboxylic acids is 1. The molecule has 36 heavy (non-hydrogen) atoms. The first kappa shape index (κ1) is 24.9. The van der Waals surface area contributed by atoms with Crippen molar-refractivity contribution in [2.24, 2.45) is 5.92 Å². The molecule has 1 saturated heterocycles. The zero-order valence-electron chi connectivity index (χ0n) is 19.8. The van der Waals surface area contributed by atoms with E-state index in [0.717, 1.165) is 42.5 Å². The highest BCUT2D eigenvalue weighted by atomic mass is 35.5. The Morgan fingerprint density at radius 2 is 2.22 bits per heavy atom. The smallest absolute Gasteiger partial charge is 0.227 e. The molecule has 2 atom stereocenters. The molecule has 4 heterocycles. The van der Waals surface area contributed by atoms with Gasteiger partial charge in [0.1, 0.15) is 11.9 Å². The Hall–Kier alpha value is -2.81. The standard InChI is InChI=1S/C26H27Cl2FN4O3/c1-14(21-19(27)4-5-20(29)22(21)28)36-24-23-17(12-32-25(24)30)18(13-35-23)15-6-9-33(10-7-15)26(34)16-3-2-8-31-11-16/h4-6,12-14,16,31H,2-3,7-11H2,1H3,(H2,30,32)/t14-,16?/m1/s1. The summed E-state index contributed by atoms with van der Waals surface area (Å²) in [5, 5.41) is 4.23. The van der Waals surface area contributed by atoms with E-state index >= 15 is 0 Å². The van der Waals surface area contributed by atoms with Crippen molar-refractivity contribution in [3.63, 3.8) is 0 Å². The van der Waals surface area contributed by atoms with Gasteiger partial charge < -0.3 is 25.1 Å². The van der Waals surface area contributed by atoms with Crippen molar-refractivity contribution >= 4 is 51.5 Å². The van der Waals surface area contributed by atoms with Crippen molar-refractivity contribution in [3.05, 3.63) is 57.7 Å². The molecular weight excluding hydrogens is 506 g/mol. The lowest BCUT2D eigenvalue weighted by atomic mass is 9.95. The maximum Gasteiger partial charge on any atom is 0.227 e. The van der Waals surface area contributed by atoms with E-state index in [1.165, 1.54) is 12.1 Å². The fourth-order valence-corrected chi connectivity index (χ4v) is 5.61. The number of carbonyl (C=O) groups is 1. The van der Waals surface area contributed by atoms with Crippen molar-refractivity contribution < 1.29 is 18.3 Å². The van der Waals surface area contributed by atoms with Gasteiger partial charge in [0.05, 0.1) is 22.6 Å². The molecule has 3 N–H and O–H groups in total. The Labute approximate surface area is 218 Å². The largest absolute Gasteiger partial charge is 0.478 e. The van der Waals surface area contributed by atoms with Gasteiger partial charge in [-0.25, -0.2) is 9.37 Å². The first-order valence-electron chi connectivity index (χ1n) is 12.0. The topological polar surface area (TPSA) is 93.6 Å². The van der Waals surface area contributed by atoms with Crippen LogP contribution in [0.1, 0.15) is 43.4 Å². The number of hydrogen-bond acceptors (Lipinski definition) is 6. The van der Waals surface area contributed by atoms with Gasteiger partial charge in [0, 0.05) is 42.0 Å². The van der Waals surface area contributed by atoms with E-state index in [0.29, 0.717) is 30.7 Å². The van der Waals surface area contributed by atoms with Crippen LogP contribution < -0.4 is 15.8 Å². The Bertz CT molecular complexity index is 1340. The molecule has 0 spiro atoms. The van der Waals surface area contributed by atoms with E-state index in [1.54, 1.807) is 19.4 Å². The molecule has 0 saturated carbocycles. The van der Waals surface area contributed by atoms with E-state index in [1.807, 2.05) is 4.90 Å². The predicted octanol–water partition coefficient (Wildman–Crippen LogP) is 5.61. The van der Waals surface area contributed by atoms with Crippen molar-refractivity contribution in [2.75, 3.05) is 31.9 Å². The lowest BCUT2D eigenvalue weighted by Gasteiger charge is -2.31. The second-order valence-electron chi connectivity index (χ2n) is 9.19. The highest BCUT2D eigenvalue weighted by Crippen LogP contribution is 2.41. The minimum atomic E-state index is -0.716. The number of anilines is 1. The number of furan rings is 1. The summed E-state index contributed by atoms with van der Waals surface area (Å²) < 4.78 is 26.0. The number of nitrogen functional groups attached to an aromatic ring is 1. The minimum Gasteiger partial charge on any atom is -0.478 e. The number of aromatic nitrogens is 1. The van der Waals surface area contributed by atoms with Crippen molar-refractivity contribution in [3.8, 4) is 5.75 Å². The average Bonchev–Trinajstić information content (AvgIpc) is 3.33. The van der Waals surface area contributed by atoms with Crippen LogP contribution in [0.3, 0.4) is 0 Å². The summed E-state index contributed by atoms with van der Waals surface area (Å²) in [5.41, 5.74) is 8.82. The number of hydrogen-bond donors (Lipinski definition) is 2. The van der Waals surface area contributed by atoms with Crippen molar-refractivity contribution in [2.45, 2.75) is 32.3 Å². The van der Waals surface area contributed by atoms with E-state index in [9.17, 15) is 9.18 Å². The van der Waals surface area contributed by atoms with Gasteiger partial charge in [-0.05, 0) is 50.4 Å². The molecule has 190 valence electrons. The van der Waals surface area contributed by atoms with Gasteiger partial charge in [-0.2, -0.15) is 0 Å². The van der Waals surface area contributed by atoms with Crippen LogP contribution in [0.2, 0.25) is 10.0 Å². The Morgan fingerprint density at radius 1 is 1.39 bits per heavy atom. The maximum atomic E-state index is 14.0. The van der Waals surface area contributed by atoms with Gasteiger partial charge >= 0.3 is 0 Å². The van der Waals surface area contributed by atoms with Crippen LogP contribution >= 0.6 is 23.2 Å². The van der Waals surface area contributed by atoms with E-state index in [-0.39, 0.29) is 33.4 Å². The number of nitrogens with zero attached hydrogens (tertiary/aromatic N) is 2. The number of halogens is 3. The number of nitrogens with two attached hydrogens (primary N) is 1. The minimum absolute atomic E-state index is 0.0532. The summed E-state index contributed by atoms with van der Waals surface area (Å²) in [5.74, 6) is 0.0448. The fraction of sp³-hybridized carbons (Fsp3) is 0.385. The van der Waals surface area contributed by atoms with Gasteiger partial charge in [-0.1, -0.05) is 29.3 Å². The lowest BCUT2D eigenvalue weighted by Crippen LogP contribution is -2.44. The Balaban J connectivity index is 1.39. The monoisotopic (exact) mass is 532 g/mol. The summed E-state index contributed by atoms with van der Waals surface area (Å²) in [6.07, 6.45) is 7.32. The Kier molecular flexibility index (Phi) is 7.10. The molecule has 2 aliphatic rings. The third-order valence-electron chi connectivity index (χ3n) is 6.89. The van der Waals surface area contributed by atoms with Gasteiger partial charge in [0.25, 0.3) is 0 Å². The van der Waals surface area contributed by atoms with Crippen molar-refractivity contribution in [1.29, 1.82) is 0 Å². The van der Waals surface area contributed by atoms with Gasteiger partial charge in [-0.15, -0.1) is 0 Å². The van der Waals surface area contributed by atoms with Crippen LogP contribution in [0, 0.1) is 11.7 Å². The number of pyridine rings is 1. The first-order valence-corrected chi connectivity index (χ1v) is 12.8. The van der Waals surface area contributed by atoms with Gasteiger partial charge in [-0.3, -0.25) is 4.79 Å². The molecule has 5 rings (SSSR count). The molecular formula is C26H27Cl2FN4O3. The highest BCUT2D eigenvalue weighted by molar-refractivity contribution is 6.36. The number of benzene rings is 1. The fourth-order valence-electron chi connectivity index (χ4n) is 4.93. The highest BCUT2D eigenvalue weighted by Gasteiger charge is 2.28. The number of fused-ring (bicyclic) bond motifs is 1. The van der Waals surface area contributed by atoms with Crippen molar-refractivity contribution in [1.82, 2.24) is 15.2 Å². The lowest BCUT2D eigenvalue weighted by molar-refractivity contribution is -0.135. The SMILES string of the molecule is C[C@@H](Oc1c(N)ncc2c(C3=CCN(C(=O)C4CCCNC4)CC3)coc12)c1c(Cl)ccc(F)c1Cl. The Morgan fingerprint density at radius 3 is 2.94 bits per heavy atom. The molecule has 1 amide bonds. The number of ether oxygens (including phenoxy) is 1. The molecule has 10 heteroatoms. The zero-order valence-corrected chi connectivity index (χ0v) is 21.3. The molecule has 0 radical (unpaired) electrons. The third kappa shape index (κ3) is 4.65. The normalized spacial score (nSPS) is 19.3. The third-order valence-corrected chi connectivity index (χ3v) is 7.61. The first-order chi connectivity index (χ1) is 17.3. The van der Waals surface area contributed by atoms with Gasteiger partial charge in [0.15, 0.2) is 11.4 Å². The molecule has 2 aromatic heterocycles. The van der Waals surface area contributed by atoms with Crippen LogP contribution in [0.5, 0.6) is 5.75 Å². The second-order valence-corrected chi connectivity index (χ2v) is 9.97. The summed E-state index contributed by atoms with van der Waals surface area (Å²) in [6, 6.07) is 2.63. The molecule has 1 unspecified atom stereocenters. The molecule has 7 nitrogen and oxygen atoms in total. The summed E-state index contributed by atoms with van der Waals surface area (Å²) >= 11 is 12.4. The summed E-state index contributed by atoms with van der Waals surface area (Å²) in [7, 11) is 0. The molecule has 1 aromatic carbocycles. The molecule has 0 bridgehead atoms. The summed E-state index contributed by atoms with van der Waals surface area (Å²) in [6.45, 7) is 4.63. The quantitative estimate of drug-likeness (QED) is 0.414. The van der Waals surface area contributed by atoms with Crippen LogP contribution in [0.15, 0.2) is 35.1 Å². The van der Waals surface area contributed by atoms with Crippen LogP contribution in [0.4, 0.5) is 10.2 Å². The molecule has 1 fully saturated rings. The van der Waals surface area contributed by atoms with Gasteiger partial charge in [0.2, 0.25) is 11.7 Å². The number of piperidine rings is 1. The molecule has 0 aliphatic carbocycles. The van der Waals surface area contributed by atoms with Crippen LogP contribution in [-0.2, 0) is 4.79 Å². The molecule has 3 aromatic rings. The number of rotatable bonds is 5. The second kappa shape index (κ2) is 10.3. The molecule has 2 aliphatic heterocycles. The van der Waals surface area contributed by atoms with Crippen LogP contribution in [-0.4, -0.2) is 42.0 Å². The predicted molar refractivity (Wildman–Crippen MR) is 139 cm³/mol. The van der Waals surface area contributed by atoms with E-state index in [2.05, 4.69) is 16.4 Å². The zero-order chi connectivity index (χ0) is 25.4.